The third-order valence-corrected chi connectivity index (χ3v) is 5.45. The van der Waals surface area contributed by atoms with E-state index in [1.54, 1.807) is 12.1 Å². The van der Waals surface area contributed by atoms with Crippen molar-refractivity contribution in [2.24, 2.45) is 0 Å². The van der Waals surface area contributed by atoms with Crippen molar-refractivity contribution >= 4 is 40.5 Å². The number of carbonyl (C=O) groups is 2. The molecule has 0 aliphatic rings. The predicted octanol–water partition coefficient (Wildman–Crippen LogP) is 5.32. The largest absolute Gasteiger partial charge is 0.477 e. The Balaban J connectivity index is 2.06. The van der Waals surface area contributed by atoms with Gasteiger partial charge in [-0.1, -0.05) is 60.1 Å². The molecule has 0 saturated carbocycles. The maximum atomic E-state index is 12.3. The quantitative estimate of drug-likeness (QED) is 0.646. The first-order valence-corrected chi connectivity index (χ1v) is 9.11. The van der Waals surface area contributed by atoms with Gasteiger partial charge >= 0.3 is 5.97 Å². The zero-order valence-electron chi connectivity index (χ0n) is 14.0. The van der Waals surface area contributed by atoms with Gasteiger partial charge in [-0.25, -0.2) is 4.79 Å². The number of amides is 1. The van der Waals surface area contributed by atoms with E-state index >= 15 is 0 Å². The van der Waals surface area contributed by atoms with Gasteiger partial charge in [0.1, 0.15) is 4.88 Å². The number of halogens is 1. The number of anilines is 1. The molecule has 3 rings (SSSR count). The highest BCUT2D eigenvalue weighted by Crippen LogP contribution is 2.38. The van der Waals surface area contributed by atoms with E-state index in [1.807, 2.05) is 48.5 Å². The zero-order valence-corrected chi connectivity index (χ0v) is 15.6. The van der Waals surface area contributed by atoms with Gasteiger partial charge in [0.25, 0.3) is 0 Å². The van der Waals surface area contributed by atoms with Crippen molar-refractivity contribution < 1.29 is 14.7 Å². The summed E-state index contributed by atoms with van der Waals surface area (Å²) < 4.78 is 0. The second-order valence-electron chi connectivity index (χ2n) is 5.69. The third-order valence-electron chi connectivity index (χ3n) is 3.92. The van der Waals surface area contributed by atoms with E-state index < -0.39 is 5.97 Å². The molecular weight excluding hydrogens is 370 g/mol. The van der Waals surface area contributed by atoms with Crippen LogP contribution in [0.25, 0.3) is 10.4 Å². The molecule has 6 heteroatoms. The van der Waals surface area contributed by atoms with Gasteiger partial charge in [0, 0.05) is 16.8 Å². The lowest BCUT2D eigenvalue weighted by atomic mass is 10.1. The van der Waals surface area contributed by atoms with Crippen molar-refractivity contribution in [2.75, 3.05) is 4.90 Å². The van der Waals surface area contributed by atoms with E-state index in [0.29, 0.717) is 10.7 Å². The summed E-state index contributed by atoms with van der Waals surface area (Å²) in [6, 6.07) is 18.5. The molecule has 0 fully saturated rings. The van der Waals surface area contributed by atoms with Crippen LogP contribution in [-0.2, 0) is 11.3 Å². The van der Waals surface area contributed by atoms with Gasteiger partial charge in [0.05, 0.1) is 12.2 Å². The molecular formula is C20H16ClNO3S. The van der Waals surface area contributed by atoms with Crippen molar-refractivity contribution in [1.29, 1.82) is 0 Å². The van der Waals surface area contributed by atoms with Gasteiger partial charge in [0.2, 0.25) is 5.91 Å². The van der Waals surface area contributed by atoms with Gasteiger partial charge < -0.3 is 10.0 Å². The molecule has 2 aromatic carbocycles. The molecule has 3 aromatic rings. The number of carbonyl (C=O) groups excluding carboxylic acids is 1. The SMILES string of the molecule is CC(=O)N(Cc1ccccc1Cl)c1cc(-c2ccccc2)sc1C(=O)O. The maximum absolute atomic E-state index is 12.3. The Morgan fingerprint density at radius 2 is 1.73 bits per heavy atom. The van der Waals surface area contributed by atoms with Crippen LogP contribution in [0.3, 0.4) is 0 Å². The van der Waals surface area contributed by atoms with E-state index in [0.717, 1.165) is 27.3 Å². The molecule has 0 atom stereocenters. The Morgan fingerprint density at radius 3 is 2.35 bits per heavy atom. The Bertz CT molecular complexity index is 953. The molecule has 1 heterocycles. The normalized spacial score (nSPS) is 10.5. The van der Waals surface area contributed by atoms with Crippen LogP contribution in [0.5, 0.6) is 0 Å². The summed E-state index contributed by atoms with van der Waals surface area (Å²) in [7, 11) is 0. The summed E-state index contributed by atoms with van der Waals surface area (Å²) in [5, 5.41) is 10.2. The van der Waals surface area contributed by atoms with E-state index in [4.69, 9.17) is 11.6 Å². The fourth-order valence-corrected chi connectivity index (χ4v) is 3.84. The lowest BCUT2D eigenvalue weighted by Gasteiger charge is -2.21. The molecule has 1 aromatic heterocycles. The second-order valence-corrected chi connectivity index (χ2v) is 7.15. The highest BCUT2D eigenvalue weighted by Gasteiger charge is 2.24. The van der Waals surface area contributed by atoms with Crippen LogP contribution < -0.4 is 4.90 Å². The number of nitrogens with zero attached hydrogens (tertiary/aromatic N) is 1. The van der Waals surface area contributed by atoms with Gasteiger partial charge in [-0.05, 0) is 23.3 Å². The lowest BCUT2D eigenvalue weighted by molar-refractivity contribution is -0.116. The number of benzene rings is 2. The lowest BCUT2D eigenvalue weighted by Crippen LogP contribution is -2.28. The van der Waals surface area contributed by atoms with Crippen molar-refractivity contribution in [1.82, 2.24) is 0 Å². The summed E-state index contributed by atoms with van der Waals surface area (Å²) in [5.74, 6) is -1.30. The molecule has 0 bridgehead atoms. The average Bonchev–Trinajstić information content (AvgIpc) is 3.07. The molecule has 132 valence electrons. The Kier molecular flexibility index (Phi) is 5.40. The first-order chi connectivity index (χ1) is 12.5. The van der Waals surface area contributed by atoms with E-state index in [2.05, 4.69) is 0 Å². The van der Waals surface area contributed by atoms with Crippen molar-refractivity contribution in [3.05, 3.63) is 76.1 Å². The van der Waals surface area contributed by atoms with E-state index in [1.165, 1.54) is 11.8 Å². The van der Waals surface area contributed by atoms with Crippen LogP contribution in [0.2, 0.25) is 5.02 Å². The number of rotatable bonds is 5. The van der Waals surface area contributed by atoms with Crippen LogP contribution in [0.15, 0.2) is 60.7 Å². The van der Waals surface area contributed by atoms with Crippen molar-refractivity contribution in [3.63, 3.8) is 0 Å². The minimum atomic E-state index is -1.06. The average molecular weight is 386 g/mol. The van der Waals surface area contributed by atoms with Gasteiger partial charge in [-0.15, -0.1) is 11.3 Å². The molecule has 0 aliphatic heterocycles. The Labute approximate surface area is 160 Å². The standard InChI is InChI=1S/C20H16ClNO3S/c1-13(23)22(12-15-9-5-6-10-16(15)21)17-11-18(26-19(17)20(24)25)14-7-3-2-4-8-14/h2-11H,12H2,1H3,(H,24,25). The van der Waals surface area contributed by atoms with E-state index in [-0.39, 0.29) is 17.3 Å². The first kappa shape index (κ1) is 18.2. The van der Waals surface area contributed by atoms with Crippen LogP contribution in [0.1, 0.15) is 22.2 Å². The van der Waals surface area contributed by atoms with Crippen LogP contribution >= 0.6 is 22.9 Å². The van der Waals surface area contributed by atoms with Crippen molar-refractivity contribution in [3.8, 4) is 10.4 Å². The summed E-state index contributed by atoms with van der Waals surface area (Å²) in [4.78, 5) is 26.4. The molecule has 1 N–H and O–H groups in total. The third kappa shape index (κ3) is 3.79. The number of hydrogen-bond donors (Lipinski definition) is 1. The fraction of sp³-hybridized carbons (Fsp3) is 0.100. The fourth-order valence-electron chi connectivity index (χ4n) is 2.64. The van der Waals surface area contributed by atoms with E-state index in [9.17, 15) is 14.7 Å². The van der Waals surface area contributed by atoms with Gasteiger partial charge in [0.15, 0.2) is 0 Å². The molecule has 0 unspecified atom stereocenters. The van der Waals surface area contributed by atoms with Gasteiger partial charge in [-0.2, -0.15) is 0 Å². The Morgan fingerprint density at radius 1 is 1.08 bits per heavy atom. The molecule has 0 spiro atoms. The van der Waals surface area contributed by atoms with Crippen LogP contribution in [-0.4, -0.2) is 17.0 Å². The maximum Gasteiger partial charge on any atom is 0.348 e. The van der Waals surface area contributed by atoms with Crippen LogP contribution in [0.4, 0.5) is 5.69 Å². The Hall–Kier alpha value is -2.63. The minimum absolute atomic E-state index is 0.131. The van der Waals surface area contributed by atoms with Crippen LogP contribution in [0, 0.1) is 0 Å². The highest BCUT2D eigenvalue weighted by atomic mass is 35.5. The number of aromatic carboxylic acids is 1. The number of carboxylic acid groups (broad SMARTS) is 1. The highest BCUT2D eigenvalue weighted by molar-refractivity contribution is 7.18. The minimum Gasteiger partial charge on any atom is -0.477 e. The molecule has 0 aliphatic carbocycles. The number of hydrogen-bond acceptors (Lipinski definition) is 3. The summed E-state index contributed by atoms with van der Waals surface area (Å²) in [6.07, 6.45) is 0. The molecule has 0 radical (unpaired) electrons. The van der Waals surface area contributed by atoms with Gasteiger partial charge in [-0.3, -0.25) is 4.79 Å². The smallest absolute Gasteiger partial charge is 0.348 e. The topological polar surface area (TPSA) is 57.6 Å². The number of thiophene rings is 1. The zero-order chi connectivity index (χ0) is 18.7. The first-order valence-electron chi connectivity index (χ1n) is 7.91. The van der Waals surface area contributed by atoms with Crippen molar-refractivity contribution in [2.45, 2.75) is 13.5 Å². The summed E-state index contributed by atoms with van der Waals surface area (Å²) in [5.41, 5.74) is 2.05. The summed E-state index contributed by atoms with van der Waals surface area (Å²) >= 11 is 7.37. The number of carboxylic acids is 1. The molecule has 26 heavy (non-hydrogen) atoms. The predicted molar refractivity (Wildman–Crippen MR) is 105 cm³/mol. The molecule has 4 nitrogen and oxygen atoms in total. The second kappa shape index (κ2) is 7.72. The summed E-state index contributed by atoms with van der Waals surface area (Å²) in [6.45, 7) is 1.63. The monoisotopic (exact) mass is 385 g/mol. The molecule has 1 amide bonds. The molecule has 0 saturated heterocycles.